The average Bonchev–Trinajstić information content (AvgIpc) is 2.68. The number of nitrogens with one attached hydrogen (secondary N) is 1. The Kier molecular flexibility index (Phi) is 4.80. The Bertz CT molecular complexity index is 1230. The third-order valence-corrected chi connectivity index (χ3v) is 5.27. The molecular formula is C22H19ClN2O4. The van der Waals surface area contributed by atoms with Gasteiger partial charge in [0.2, 0.25) is 5.88 Å². The molecule has 1 aliphatic heterocycles. The van der Waals surface area contributed by atoms with Crippen LogP contribution in [0.25, 0.3) is 10.9 Å². The molecule has 29 heavy (non-hydrogen) atoms. The molecule has 0 saturated heterocycles. The van der Waals surface area contributed by atoms with Crippen molar-refractivity contribution in [1.29, 1.82) is 0 Å². The van der Waals surface area contributed by atoms with Crippen molar-refractivity contribution >= 4 is 28.5 Å². The second-order valence-corrected chi connectivity index (χ2v) is 7.21. The highest BCUT2D eigenvalue weighted by molar-refractivity contribution is 6.31. The van der Waals surface area contributed by atoms with Crippen LogP contribution in [0.2, 0.25) is 5.02 Å². The lowest BCUT2D eigenvalue weighted by molar-refractivity contribution is -0.139. The summed E-state index contributed by atoms with van der Waals surface area (Å²) < 4.78 is 11.0. The van der Waals surface area contributed by atoms with Gasteiger partial charge in [-0.2, -0.15) is 0 Å². The van der Waals surface area contributed by atoms with Crippen LogP contribution in [0.1, 0.15) is 29.5 Å². The van der Waals surface area contributed by atoms with Crippen molar-refractivity contribution in [3.05, 3.63) is 86.0 Å². The maximum absolute atomic E-state index is 13.1. The number of esters is 1. The Labute approximate surface area is 171 Å². The first kappa shape index (κ1) is 19.1. The zero-order valence-electron chi connectivity index (χ0n) is 15.9. The minimum atomic E-state index is -0.819. The number of carbonyl (C=O) groups is 1. The zero-order chi connectivity index (χ0) is 20.7. The van der Waals surface area contributed by atoms with Crippen molar-refractivity contribution in [2.24, 2.45) is 5.73 Å². The minimum absolute atomic E-state index is 0.0601. The van der Waals surface area contributed by atoms with Crippen molar-refractivity contribution in [2.75, 3.05) is 6.61 Å². The molecule has 0 amide bonds. The van der Waals surface area contributed by atoms with Gasteiger partial charge in [0.15, 0.2) is 0 Å². The fourth-order valence-corrected chi connectivity index (χ4v) is 3.91. The fourth-order valence-electron chi connectivity index (χ4n) is 3.66. The van der Waals surface area contributed by atoms with Crippen LogP contribution in [0, 0.1) is 6.92 Å². The Morgan fingerprint density at radius 1 is 1.28 bits per heavy atom. The van der Waals surface area contributed by atoms with Crippen LogP contribution in [0.5, 0.6) is 5.75 Å². The number of benzene rings is 2. The molecule has 0 bridgehead atoms. The third kappa shape index (κ3) is 3.15. The molecule has 0 spiro atoms. The van der Waals surface area contributed by atoms with Crippen LogP contribution in [0.4, 0.5) is 0 Å². The van der Waals surface area contributed by atoms with E-state index < -0.39 is 11.9 Å². The summed E-state index contributed by atoms with van der Waals surface area (Å²) in [5, 5.41) is 1.10. The SMILES string of the molecule is CCOC(=O)C1=C(N)Oc2c(c(=O)[nH]c3ccc(C)cc23)C1c1ccccc1Cl. The number of carbonyl (C=O) groups excluding carboxylic acids is 1. The number of nitrogens with two attached hydrogens (primary N) is 1. The molecule has 2 aromatic carbocycles. The quantitative estimate of drug-likeness (QED) is 0.641. The van der Waals surface area contributed by atoms with Crippen LogP contribution in [0.15, 0.2) is 58.7 Å². The topological polar surface area (TPSA) is 94.4 Å². The lowest BCUT2D eigenvalue weighted by Crippen LogP contribution is -2.32. The largest absolute Gasteiger partial charge is 0.462 e. The van der Waals surface area contributed by atoms with E-state index in [2.05, 4.69) is 4.98 Å². The summed E-state index contributed by atoms with van der Waals surface area (Å²) in [5.41, 5.74) is 8.31. The lowest BCUT2D eigenvalue weighted by Gasteiger charge is -2.29. The van der Waals surface area contributed by atoms with Gasteiger partial charge < -0.3 is 20.2 Å². The average molecular weight is 411 g/mol. The molecule has 0 radical (unpaired) electrons. The van der Waals surface area contributed by atoms with Crippen molar-refractivity contribution < 1.29 is 14.3 Å². The van der Waals surface area contributed by atoms with Crippen molar-refractivity contribution in [3.8, 4) is 5.75 Å². The van der Waals surface area contributed by atoms with Crippen molar-refractivity contribution in [1.82, 2.24) is 4.98 Å². The highest BCUT2D eigenvalue weighted by Crippen LogP contribution is 2.45. The minimum Gasteiger partial charge on any atom is -0.462 e. The van der Waals surface area contributed by atoms with E-state index in [0.29, 0.717) is 27.2 Å². The maximum atomic E-state index is 13.1. The summed E-state index contributed by atoms with van der Waals surface area (Å²) in [6, 6.07) is 12.6. The monoisotopic (exact) mass is 410 g/mol. The van der Waals surface area contributed by atoms with Gasteiger partial charge in [0.25, 0.3) is 5.56 Å². The first-order chi connectivity index (χ1) is 13.9. The maximum Gasteiger partial charge on any atom is 0.340 e. The molecule has 7 heteroatoms. The molecular weight excluding hydrogens is 392 g/mol. The summed E-state index contributed by atoms with van der Waals surface area (Å²) >= 11 is 6.45. The van der Waals surface area contributed by atoms with Crippen LogP contribution in [-0.4, -0.2) is 17.6 Å². The smallest absolute Gasteiger partial charge is 0.340 e. The number of rotatable bonds is 3. The Hall–Kier alpha value is -3.25. The summed E-state index contributed by atoms with van der Waals surface area (Å²) in [4.78, 5) is 28.7. The lowest BCUT2D eigenvalue weighted by atomic mass is 9.83. The van der Waals surface area contributed by atoms with Gasteiger partial charge in [-0.1, -0.05) is 41.4 Å². The van der Waals surface area contributed by atoms with E-state index in [4.69, 9.17) is 26.8 Å². The number of pyridine rings is 1. The van der Waals surface area contributed by atoms with Gasteiger partial charge in [-0.25, -0.2) is 4.79 Å². The summed E-state index contributed by atoms with van der Waals surface area (Å²) in [6.45, 7) is 3.79. The first-order valence-corrected chi connectivity index (χ1v) is 9.55. The van der Waals surface area contributed by atoms with Crippen LogP contribution in [-0.2, 0) is 9.53 Å². The van der Waals surface area contributed by atoms with Crippen molar-refractivity contribution in [2.45, 2.75) is 19.8 Å². The number of fused-ring (bicyclic) bond motifs is 3. The molecule has 1 unspecified atom stereocenters. The van der Waals surface area contributed by atoms with Gasteiger partial charge in [-0.15, -0.1) is 0 Å². The third-order valence-electron chi connectivity index (χ3n) is 4.92. The molecule has 6 nitrogen and oxygen atoms in total. The molecule has 2 heterocycles. The van der Waals surface area contributed by atoms with E-state index in [-0.39, 0.29) is 29.2 Å². The number of ether oxygens (including phenoxy) is 2. The van der Waals surface area contributed by atoms with Gasteiger partial charge in [0, 0.05) is 10.4 Å². The molecule has 1 atom stereocenters. The van der Waals surface area contributed by atoms with E-state index in [1.165, 1.54) is 0 Å². The van der Waals surface area contributed by atoms with Gasteiger partial charge in [-0.3, -0.25) is 4.79 Å². The van der Waals surface area contributed by atoms with E-state index >= 15 is 0 Å². The van der Waals surface area contributed by atoms with Gasteiger partial charge in [0.05, 0.1) is 23.6 Å². The van der Waals surface area contributed by atoms with Crippen molar-refractivity contribution in [3.63, 3.8) is 0 Å². The molecule has 0 fully saturated rings. The molecule has 4 rings (SSSR count). The second kappa shape index (κ2) is 7.29. The van der Waals surface area contributed by atoms with Crippen LogP contribution >= 0.6 is 11.6 Å². The predicted molar refractivity (Wildman–Crippen MR) is 111 cm³/mol. The van der Waals surface area contributed by atoms with E-state index in [1.807, 2.05) is 19.1 Å². The van der Waals surface area contributed by atoms with E-state index in [0.717, 1.165) is 5.56 Å². The van der Waals surface area contributed by atoms with Crippen LogP contribution < -0.4 is 16.0 Å². The molecule has 1 aromatic heterocycles. The normalized spacial score (nSPS) is 15.8. The summed E-state index contributed by atoms with van der Waals surface area (Å²) in [6.07, 6.45) is 0. The van der Waals surface area contributed by atoms with Gasteiger partial charge in [-0.05, 0) is 37.6 Å². The fraction of sp³-hybridized carbons (Fsp3) is 0.182. The predicted octanol–water partition coefficient (Wildman–Crippen LogP) is 3.75. The summed E-state index contributed by atoms with van der Waals surface area (Å²) in [7, 11) is 0. The van der Waals surface area contributed by atoms with Gasteiger partial charge >= 0.3 is 5.97 Å². The van der Waals surface area contributed by atoms with Crippen LogP contribution in [0.3, 0.4) is 0 Å². The molecule has 3 N–H and O–H groups in total. The first-order valence-electron chi connectivity index (χ1n) is 9.18. The number of aromatic nitrogens is 1. The molecule has 0 aliphatic carbocycles. The Morgan fingerprint density at radius 3 is 2.76 bits per heavy atom. The van der Waals surface area contributed by atoms with Gasteiger partial charge in [0.1, 0.15) is 11.3 Å². The number of hydrogen-bond acceptors (Lipinski definition) is 5. The molecule has 0 saturated carbocycles. The standard InChI is InChI=1S/C22H19ClN2O4/c1-3-28-22(27)18-16(12-6-4-5-7-14(12)23)17-19(29-20(18)24)13-10-11(2)8-9-15(13)25-21(17)26/h4-10,16H,3,24H2,1-2H3,(H,25,26). The Morgan fingerprint density at radius 2 is 2.03 bits per heavy atom. The number of halogens is 1. The highest BCUT2D eigenvalue weighted by atomic mass is 35.5. The zero-order valence-corrected chi connectivity index (χ0v) is 16.7. The summed E-state index contributed by atoms with van der Waals surface area (Å²) in [5.74, 6) is -1.25. The number of aryl methyl sites for hydroxylation is 1. The van der Waals surface area contributed by atoms with E-state index in [1.54, 1.807) is 37.3 Å². The molecule has 148 valence electrons. The second-order valence-electron chi connectivity index (χ2n) is 6.80. The highest BCUT2D eigenvalue weighted by Gasteiger charge is 2.39. The van der Waals surface area contributed by atoms with E-state index in [9.17, 15) is 9.59 Å². The number of H-pyrrole nitrogens is 1. The Balaban J connectivity index is 2.08. The number of hydrogen-bond donors (Lipinski definition) is 2. The molecule has 3 aromatic rings. The number of aromatic amines is 1. The molecule has 1 aliphatic rings.